The summed E-state index contributed by atoms with van der Waals surface area (Å²) in [5.41, 5.74) is 0.632. The molecule has 0 saturated heterocycles. The molecule has 0 amide bonds. The van der Waals surface area contributed by atoms with Gasteiger partial charge in [-0.05, 0) is 89.6 Å². The summed E-state index contributed by atoms with van der Waals surface area (Å²) in [5, 5.41) is 3.70. The maximum atomic E-state index is 3.70. The van der Waals surface area contributed by atoms with E-state index in [0.29, 0.717) is 17.5 Å². The number of nitrogens with one attached hydrogen (secondary N) is 1. The molecule has 4 saturated carbocycles. The predicted molar refractivity (Wildman–Crippen MR) is 81.2 cm³/mol. The van der Waals surface area contributed by atoms with Gasteiger partial charge in [0.05, 0.1) is 0 Å². The third-order valence-electron chi connectivity index (χ3n) is 6.53. The summed E-state index contributed by atoms with van der Waals surface area (Å²) >= 11 is 0. The number of hydrogen-bond donors (Lipinski definition) is 1. The normalized spacial score (nSPS) is 42.3. The molecule has 1 N–H and O–H groups in total. The van der Waals surface area contributed by atoms with Gasteiger partial charge in [0.25, 0.3) is 0 Å². The highest BCUT2D eigenvalue weighted by atomic mass is 15.1. The third kappa shape index (κ3) is 2.47. The van der Waals surface area contributed by atoms with Gasteiger partial charge in [-0.25, -0.2) is 0 Å². The Balaban J connectivity index is 1.75. The summed E-state index contributed by atoms with van der Waals surface area (Å²) in [5.74, 6) is 3.18. The van der Waals surface area contributed by atoms with Crippen molar-refractivity contribution in [3.8, 4) is 0 Å². The molecule has 2 nitrogen and oxygen atoms in total. The summed E-state index contributed by atoms with van der Waals surface area (Å²) in [6.45, 7) is 5.85. The van der Waals surface area contributed by atoms with Crippen LogP contribution in [0.4, 0.5) is 0 Å². The number of rotatable bonds is 5. The van der Waals surface area contributed by atoms with E-state index in [9.17, 15) is 0 Å². The van der Waals surface area contributed by atoms with Crippen molar-refractivity contribution in [1.82, 2.24) is 10.2 Å². The van der Waals surface area contributed by atoms with E-state index in [1.807, 2.05) is 0 Å². The molecule has 4 bridgehead atoms. The molecule has 110 valence electrons. The van der Waals surface area contributed by atoms with E-state index >= 15 is 0 Å². The van der Waals surface area contributed by atoms with Crippen LogP contribution in [0.1, 0.15) is 52.4 Å². The SMILES string of the molecule is CNC(CN(C)C(C)C)C12CC3CC(CC(C3)C1)C2. The summed E-state index contributed by atoms with van der Waals surface area (Å²) in [6, 6.07) is 1.36. The lowest BCUT2D eigenvalue weighted by molar-refractivity contribution is -0.0775. The Morgan fingerprint density at radius 2 is 1.53 bits per heavy atom. The molecule has 4 aliphatic carbocycles. The lowest BCUT2D eigenvalue weighted by atomic mass is 9.47. The predicted octanol–water partition coefficient (Wildman–Crippen LogP) is 3.13. The van der Waals surface area contributed by atoms with Crippen molar-refractivity contribution in [3.05, 3.63) is 0 Å². The Hall–Kier alpha value is -0.0800. The smallest absolute Gasteiger partial charge is 0.0248 e. The molecule has 1 unspecified atom stereocenters. The lowest BCUT2D eigenvalue weighted by Gasteiger charge is -2.60. The van der Waals surface area contributed by atoms with Crippen LogP contribution in [0.2, 0.25) is 0 Å². The minimum atomic E-state index is 0.632. The minimum Gasteiger partial charge on any atom is -0.315 e. The molecule has 2 heteroatoms. The van der Waals surface area contributed by atoms with E-state index in [2.05, 4.69) is 38.2 Å². The van der Waals surface area contributed by atoms with Gasteiger partial charge >= 0.3 is 0 Å². The highest BCUT2D eigenvalue weighted by molar-refractivity contribution is 5.06. The molecule has 19 heavy (non-hydrogen) atoms. The van der Waals surface area contributed by atoms with Gasteiger partial charge in [-0.2, -0.15) is 0 Å². The number of nitrogens with zero attached hydrogens (tertiary/aromatic N) is 1. The van der Waals surface area contributed by atoms with Crippen molar-refractivity contribution in [3.63, 3.8) is 0 Å². The maximum absolute atomic E-state index is 3.70. The topological polar surface area (TPSA) is 15.3 Å². The van der Waals surface area contributed by atoms with Crippen molar-refractivity contribution in [1.29, 1.82) is 0 Å². The maximum Gasteiger partial charge on any atom is 0.0248 e. The molecule has 4 rings (SSSR count). The van der Waals surface area contributed by atoms with Crippen molar-refractivity contribution < 1.29 is 0 Å². The molecular weight excluding hydrogens is 232 g/mol. The molecule has 0 aromatic rings. The second-order valence-corrected chi connectivity index (χ2v) is 8.15. The summed E-state index contributed by atoms with van der Waals surface area (Å²) in [6.07, 6.45) is 9.18. The summed E-state index contributed by atoms with van der Waals surface area (Å²) in [4.78, 5) is 2.53. The van der Waals surface area contributed by atoms with E-state index in [-0.39, 0.29) is 0 Å². The van der Waals surface area contributed by atoms with E-state index in [1.54, 1.807) is 19.3 Å². The quantitative estimate of drug-likeness (QED) is 0.821. The first-order valence-corrected chi connectivity index (χ1v) is 8.40. The summed E-state index contributed by atoms with van der Waals surface area (Å²) in [7, 11) is 4.48. The fourth-order valence-electron chi connectivity index (χ4n) is 5.69. The van der Waals surface area contributed by atoms with Gasteiger partial charge in [-0.1, -0.05) is 0 Å². The van der Waals surface area contributed by atoms with Crippen LogP contribution in [0.15, 0.2) is 0 Å². The fraction of sp³-hybridized carbons (Fsp3) is 1.00. The van der Waals surface area contributed by atoms with Crippen LogP contribution in [0.25, 0.3) is 0 Å². The van der Waals surface area contributed by atoms with Gasteiger partial charge < -0.3 is 10.2 Å². The van der Waals surface area contributed by atoms with Crippen molar-refractivity contribution in [2.24, 2.45) is 23.2 Å². The van der Waals surface area contributed by atoms with Crippen LogP contribution in [0, 0.1) is 23.2 Å². The van der Waals surface area contributed by atoms with Gasteiger partial charge in [0.1, 0.15) is 0 Å². The molecule has 0 radical (unpaired) electrons. The number of hydrogen-bond acceptors (Lipinski definition) is 2. The van der Waals surface area contributed by atoms with Crippen molar-refractivity contribution in [2.45, 2.75) is 64.5 Å². The fourth-order valence-corrected chi connectivity index (χ4v) is 5.69. The third-order valence-corrected chi connectivity index (χ3v) is 6.53. The Bertz CT molecular complexity index is 288. The molecule has 1 atom stereocenters. The van der Waals surface area contributed by atoms with Crippen LogP contribution in [-0.2, 0) is 0 Å². The van der Waals surface area contributed by atoms with Crippen LogP contribution in [-0.4, -0.2) is 37.6 Å². The van der Waals surface area contributed by atoms with Gasteiger partial charge in [0, 0.05) is 18.6 Å². The first-order chi connectivity index (χ1) is 9.02. The largest absolute Gasteiger partial charge is 0.315 e. The van der Waals surface area contributed by atoms with Crippen LogP contribution < -0.4 is 5.32 Å². The Kier molecular flexibility index (Phi) is 3.68. The van der Waals surface area contributed by atoms with Gasteiger partial charge in [-0.3, -0.25) is 0 Å². The van der Waals surface area contributed by atoms with Gasteiger partial charge in [0.15, 0.2) is 0 Å². The highest BCUT2D eigenvalue weighted by Crippen LogP contribution is 2.61. The average Bonchev–Trinajstić information content (AvgIpc) is 2.33. The van der Waals surface area contributed by atoms with Crippen LogP contribution >= 0.6 is 0 Å². The van der Waals surface area contributed by atoms with E-state index < -0.39 is 0 Å². The molecule has 0 spiro atoms. The zero-order chi connectivity index (χ0) is 13.6. The monoisotopic (exact) mass is 264 g/mol. The van der Waals surface area contributed by atoms with Gasteiger partial charge in [-0.15, -0.1) is 0 Å². The molecule has 0 heterocycles. The molecule has 4 aliphatic rings. The Labute approximate surface area is 119 Å². The zero-order valence-corrected chi connectivity index (χ0v) is 13.3. The lowest BCUT2D eigenvalue weighted by Crippen LogP contribution is -2.58. The molecule has 0 aromatic carbocycles. The van der Waals surface area contributed by atoms with Crippen molar-refractivity contribution in [2.75, 3.05) is 20.6 Å². The second kappa shape index (κ2) is 5.04. The van der Waals surface area contributed by atoms with E-state index in [1.165, 1.54) is 25.8 Å². The molecule has 0 aromatic heterocycles. The highest BCUT2D eigenvalue weighted by Gasteiger charge is 2.53. The van der Waals surface area contributed by atoms with E-state index in [0.717, 1.165) is 17.8 Å². The van der Waals surface area contributed by atoms with Gasteiger partial charge in [0.2, 0.25) is 0 Å². The standard InChI is InChI=1S/C17H32N2/c1-12(2)19(4)11-16(18-3)17-8-13-5-14(9-17)7-15(6-13)10-17/h12-16,18H,5-11H2,1-4H3. The van der Waals surface area contributed by atoms with Crippen LogP contribution in [0.5, 0.6) is 0 Å². The van der Waals surface area contributed by atoms with Crippen molar-refractivity contribution >= 4 is 0 Å². The Morgan fingerprint density at radius 3 is 1.89 bits per heavy atom. The molecule has 4 fully saturated rings. The number of likely N-dealkylation sites (N-methyl/N-ethyl adjacent to an activating group) is 2. The summed E-state index contributed by atoms with van der Waals surface area (Å²) < 4.78 is 0. The molecule has 0 aliphatic heterocycles. The first-order valence-electron chi connectivity index (χ1n) is 8.40. The Morgan fingerprint density at radius 1 is 1.05 bits per heavy atom. The second-order valence-electron chi connectivity index (χ2n) is 8.15. The molecular formula is C17H32N2. The minimum absolute atomic E-state index is 0.632. The first kappa shape index (κ1) is 13.9. The van der Waals surface area contributed by atoms with Crippen LogP contribution in [0.3, 0.4) is 0 Å². The van der Waals surface area contributed by atoms with E-state index in [4.69, 9.17) is 0 Å². The average molecular weight is 264 g/mol. The zero-order valence-electron chi connectivity index (χ0n) is 13.3.